The van der Waals surface area contributed by atoms with E-state index in [1.54, 1.807) is 6.08 Å². The third-order valence-corrected chi connectivity index (χ3v) is 7.27. The molecule has 0 N–H and O–H groups in total. The van der Waals surface area contributed by atoms with Gasteiger partial charge in [-0.25, -0.2) is 0 Å². The van der Waals surface area contributed by atoms with Gasteiger partial charge < -0.3 is 23.7 Å². The quantitative estimate of drug-likeness (QED) is 0.428. The first-order valence-electron chi connectivity index (χ1n) is 12.8. The lowest BCUT2D eigenvalue weighted by atomic mass is 9.87. The first-order valence-corrected chi connectivity index (χ1v) is 12.8. The Kier molecular flexibility index (Phi) is 6.66. The average molecular weight is 489 g/mol. The largest absolute Gasteiger partial charge is 0.489 e. The minimum Gasteiger partial charge on any atom is -0.489 e. The zero-order valence-electron chi connectivity index (χ0n) is 21.6. The summed E-state index contributed by atoms with van der Waals surface area (Å²) in [5.41, 5.74) is 4.19. The molecular formula is C30H36N2O4. The van der Waals surface area contributed by atoms with Crippen LogP contribution in [0, 0.1) is 0 Å². The van der Waals surface area contributed by atoms with Gasteiger partial charge in [-0.2, -0.15) is 0 Å². The SMILES string of the molecule is C=CCOc1cccc2c1cc(C(=O)N1CCC3(CC1)OCCO3)n2Cc1ccc(C(C)(C)C)cc1. The van der Waals surface area contributed by atoms with Gasteiger partial charge in [-0.3, -0.25) is 4.79 Å². The molecule has 1 amide bonds. The standard InChI is InChI=1S/C30H36N2O4/c1-5-17-34-27-8-6-7-25-24(27)20-26(28(33)31-15-13-30(14-16-31)35-18-19-36-30)32(25)21-22-9-11-23(12-10-22)29(2,3)4/h5-12,20H,1,13-19,21H2,2-4H3. The summed E-state index contributed by atoms with van der Waals surface area (Å²) < 4.78 is 19.8. The summed E-state index contributed by atoms with van der Waals surface area (Å²) in [6.45, 7) is 13.9. The first kappa shape index (κ1) is 24.6. The van der Waals surface area contributed by atoms with Crippen LogP contribution in [-0.2, 0) is 21.4 Å². The molecule has 5 rings (SSSR count). The molecule has 0 radical (unpaired) electrons. The molecule has 1 spiro atoms. The maximum atomic E-state index is 13.9. The number of piperidine rings is 1. The Morgan fingerprint density at radius 1 is 1.08 bits per heavy atom. The van der Waals surface area contributed by atoms with Crippen LogP contribution in [0.15, 0.2) is 61.2 Å². The highest BCUT2D eigenvalue weighted by Gasteiger charge is 2.41. The second-order valence-electron chi connectivity index (χ2n) is 10.8. The van der Waals surface area contributed by atoms with Crippen LogP contribution < -0.4 is 4.74 Å². The maximum absolute atomic E-state index is 13.9. The van der Waals surface area contributed by atoms with Crippen LogP contribution in [0.4, 0.5) is 0 Å². The number of hydrogen-bond acceptors (Lipinski definition) is 4. The minimum atomic E-state index is -0.510. The zero-order chi connectivity index (χ0) is 25.3. The smallest absolute Gasteiger partial charge is 0.270 e. The van der Waals surface area contributed by atoms with E-state index in [1.165, 1.54) is 5.56 Å². The van der Waals surface area contributed by atoms with E-state index in [9.17, 15) is 4.79 Å². The highest BCUT2D eigenvalue weighted by molar-refractivity contribution is 6.00. The number of carbonyl (C=O) groups is 1. The van der Waals surface area contributed by atoms with Gasteiger partial charge in [0, 0.05) is 37.9 Å². The van der Waals surface area contributed by atoms with Crippen molar-refractivity contribution in [3.8, 4) is 5.75 Å². The molecule has 0 bridgehead atoms. The van der Waals surface area contributed by atoms with E-state index >= 15 is 0 Å². The molecule has 2 aromatic carbocycles. The number of nitrogens with zero attached hydrogens (tertiary/aromatic N) is 2. The van der Waals surface area contributed by atoms with Crippen molar-refractivity contribution in [2.75, 3.05) is 32.9 Å². The third kappa shape index (κ3) is 4.80. The number of likely N-dealkylation sites (tertiary alicyclic amines) is 1. The molecule has 6 nitrogen and oxygen atoms in total. The van der Waals surface area contributed by atoms with Crippen LogP contribution in [0.5, 0.6) is 5.75 Å². The monoisotopic (exact) mass is 488 g/mol. The average Bonchev–Trinajstić information content (AvgIpc) is 3.48. The van der Waals surface area contributed by atoms with Crippen molar-refractivity contribution in [3.05, 3.63) is 78.0 Å². The lowest BCUT2D eigenvalue weighted by Gasteiger charge is -2.37. The van der Waals surface area contributed by atoms with Gasteiger partial charge in [0.1, 0.15) is 18.1 Å². The summed E-state index contributed by atoms with van der Waals surface area (Å²) in [5.74, 6) is 0.276. The van der Waals surface area contributed by atoms with E-state index < -0.39 is 5.79 Å². The molecule has 3 heterocycles. The Bertz CT molecular complexity index is 1240. The molecule has 0 atom stereocenters. The van der Waals surface area contributed by atoms with Gasteiger partial charge in [0.05, 0.1) is 18.7 Å². The van der Waals surface area contributed by atoms with Gasteiger partial charge >= 0.3 is 0 Å². The summed E-state index contributed by atoms with van der Waals surface area (Å²) in [7, 11) is 0. The summed E-state index contributed by atoms with van der Waals surface area (Å²) in [5, 5.41) is 0.935. The van der Waals surface area contributed by atoms with Gasteiger partial charge in [-0.05, 0) is 34.7 Å². The molecule has 2 fully saturated rings. The molecule has 0 unspecified atom stereocenters. The molecule has 1 aromatic heterocycles. The Morgan fingerprint density at radius 3 is 2.42 bits per heavy atom. The fourth-order valence-electron chi connectivity index (χ4n) is 5.17. The second-order valence-corrected chi connectivity index (χ2v) is 10.8. The van der Waals surface area contributed by atoms with Crippen molar-refractivity contribution < 1.29 is 19.0 Å². The Balaban J connectivity index is 1.48. The summed E-state index contributed by atoms with van der Waals surface area (Å²) in [4.78, 5) is 15.8. The number of amides is 1. The molecule has 0 saturated carbocycles. The number of benzene rings is 2. The Morgan fingerprint density at radius 2 is 1.78 bits per heavy atom. The predicted molar refractivity (Wildman–Crippen MR) is 142 cm³/mol. The van der Waals surface area contributed by atoms with Crippen LogP contribution in [0.25, 0.3) is 10.9 Å². The Labute approximate surface area is 213 Å². The predicted octanol–water partition coefficient (Wildman–Crippen LogP) is 5.53. The van der Waals surface area contributed by atoms with Gasteiger partial charge in [0.25, 0.3) is 5.91 Å². The normalized spacial score (nSPS) is 17.6. The van der Waals surface area contributed by atoms with Crippen molar-refractivity contribution in [2.45, 2.75) is 51.4 Å². The highest BCUT2D eigenvalue weighted by Crippen LogP contribution is 2.34. The lowest BCUT2D eigenvalue weighted by Crippen LogP contribution is -2.47. The van der Waals surface area contributed by atoms with E-state index in [4.69, 9.17) is 14.2 Å². The summed E-state index contributed by atoms with van der Waals surface area (Å²) in [6, 6.07) is 16.7. The highest BCUT2D eigenvalue weighted by atomic mass is 16.7. The first-order chi connectivity index (χ1) is 17.3. The maximum Gasteiger partial charge on any atom is 0.270 e. The van der Waals surface area contributed by atoms with E-state index in [-0.39, 0.29) is 11.3 Å². The van der Waals surface area contributed by atoms with Crippen LogP contribution in [-0.4, -0.2) is 54.1 Å². The molecule has 6 heteroatoms. The van der Waals surface area contributed by atoms with E-state index in [2.05, 4.69) is 62.2 Å². The van der Waals surface area contributed by atoms with Gasteiger partial charge in [0.15, 0.2) is 5.79 Å². The Hall–Kier alpha value is -3.09. The zero-order valence-corrected chi connectivity index (χ0v) is 21.6. The third-order valence-electron chi connectivity index (χ3n) is 7.27. The molecule has 2 saturated heterocycles. The fourth-order valence-corrected chi connectivity index (χ4v) is 5.17. The number of carbonyl (C=O) groups excluding carboxylic acids is 1. The number of rotatable bonds is 6. The van der Waals surface area contributed by atoms with Gasteiger partial charge in [-0.15, -0.1) is 0 Å². The van der Waals surface area contributed by atoms with Crippen LogP contribution in [0.3, 0.4) is 0 Å². The summed E-state index contributed by atoms with van der Waals surface area (Å²) in [6.07, 6.45) is 3.12. The fraction of sp³-hybridized carbons (Fsp3) is 0.433. The van der Waals surface area contributed by atoms with E-state index in [0.717, 1.165) is 22.2 Å². The number of fused-ring (bicyclic) bond motifs is 1. The van der Waals surface area contributed by atoms with Gasteiger partial charge in [-0.1, -0.05) is 63.8 Å². The second kappa shape index (κ2) is 9.75. The van der Waals surface area contributed by atoms with Crippen molar-refractivity contribution in [2.24, 2.45) is 0 Å². The van der Waals surface area contributed by atoms with Crippen molar-refractivity contribution >= 4 is 16.8 Å². The number of hydrogen-bond donors (Lipinski definition) is 0. The summed E-state index contributed by atoms with van der Waals surface area (Å²) >= 11 is 0. The molecule has 3 aromatic rings. The lowest BCUT2D eigenvalue weighted by molar-refractivity contribution is -0.181. The number of aromatic nitrogens is 1. The van der Waals surface area contributed by atoms with Crippen LogP contribution >= 0.6 is 0 Å². The minimum absolute atomic E-state index is 0.0278. The molecular weight excluding hydrogens is 452 g/mol. The van der Waals surface area contributed by atoms with E-state index in [1.807, 2.05) is 23.1 Å². The molecule has 2 aliphatic heterocycles. The van der Waals surface area contributed by atoms with Gasteiger partial charge in [0.2, 0.25) is 0 Å². The topological polar surface area (TPSA) is 52.9 Å². The molecule has 36 heavy (non-hydrogen) atoms. The number of ether oxygens (including phenoxy) is 3. The van der Waals surface area contributed by atoms with Crippen molar-refractivity contribution in [1.82, 2.24) is 9.47 Å². The van der Waals surface area contributed by atoms with Crippen LogP contribution in [0.1, 0.15) is 55.2 Å². The molecule has 190 valence electrons. The van der Waals surface area contributed by atoms with Crippen LogP contribution in [0.2, 0.25) is 0 Å². The molecule has 0 aliphatic carbocycles. The van der Waals surface area contributed by atoms with Crippen molar-refractivity contribution in [3.63, 3.8) is 0 Å². The molecule has 2 aliphatic rings. The van der Waals surface area contributed by atoms with Crippen molar-refractivity contribution in [1.29, 1.82) is 0 Å². The van der Waals surface area contributed by atoms with E-state index in [0.29, 0.717) is 58.0 Å².